The molecule has 3 aromatic carbocycles. The molecule has 0 fully saturated rings. The van der Waals surface area contributed by atoms with Gasteiger partial charge in [0.05, 0.1) is 25.5 Å². The summed E-state index contributed by atoms with van der Waals surface area (Å²) in [6, 6.07) is 13.8. The van der Waals surface area contributed by atoms with E-state index < -0.39 is 35.5 Å². The van der Waals surface area contributed by atoms with E-state index in [-0.39, 0.29) is 29.8 Å². The second-order valence-electron chi connectivity index (χ2n) is 8.98. The molecule has 4 rings (SSSR count). The standard InChI is InChI=1S/C25H22Cl2FN5O5S2.H2O4S/c1-14-10-17(4-2-16(14)12-31-40(36,37)19-7-5-18(6-8-19)39(28,34)35)38-13-22-23(24(29)33-25(30)32-22)15-3-9-20(26)21(27)11-15;1-5(2,3)4/h2-11,31H,12-13H2,1H3,(H4,29,30,32,33);(H2,1,2,3,4). The summed E-state index contributed by atoms with van der Waals surface area (Å²) in [6.07, 6.45) is 0. The number of nitrogens with two attached hydrogens (primary N) is 2. The second kappa shape index (κ2) is 14.2. The molecule has 1 aromatic heterocycles. The molecule has 242 valence electrons. The topological polar surface area (TPSA) is 242 Å². The molecule has 0 aliphatic rings. The highest BCUT2D eigenvalue weighted by molar-refractivity contribution is 7.89. The molecule has 20 heteroatoms. The van der Waals surface area contributed by atoms with Crippen molar-refractivity contribution >= 4 is 65.6 Å². The third kappa shape index (κ3) is 10.5. The van der Waals surface area contributed by atoms with Crippen molar-refractivity contribution in [3.05, 3.63) is 87.5 Å². The van der Waals surface area contributed by atoms with Crippen LogP contribution in [0.1, 0.15) is 16.8 Å². The molecule has 0 saturated carbocycles. The maximum atomic E-state index is 13.1. The van der Waals surface area contributed by atoms with Crippen molar-refractivity contribution in [1.82, 2.24) is 14.7 Å². The highest BCUT2D eigenvalue weighted by atomic mass is 35.5. The lowest BCUT2D eigenvalue weighted by Gasteiger charge is -2.15. The van der Waals surface area contributed by atoms with E-state index >= 15 is 0 Å². The fourth-order valence-electron chi connectivity index (χ4n) is 3.76. The minimum Gasteiger partial charge on any atom is -0.487 e. The van der Waals surface area contributed by atoms with Crippen LogP contribution in [0.4, 0.5) is 15.7 Å². The first-order chi connectivity index (χ1) is 20.7. The van der Waals surface area contributed by atoms with Gasteiger partial charge in [0.2, 0.25) is 16.0 Å². The monoisotopic (exact) mass is 723 g/mol. The molecule has 0 radical (unpaired) electrons. The Balaban J connectivity index is 0.00000102. The van der Waals surface area contributed by atoms with E-state index in [4.69, 9.17) is 56.9 Å². The third-order valence-corrected chi connectivity index (χ3v) is 8.79. The highest BCUT2D eigenvalue weighted by Crippen LogP contribution is 2.33. The quantitative estimate of drug-likeness (QED) is 0.121. The summed E-state index contributed by atoms with van der Waals surface area (Å²) < 4.78 is 100. The first kappa shape index (κ1) is 35.9. The average molecular weight is 725 g/mol. The van der Waals surface area contributed by atoms with Crippen LogP contribution < -0.4 is 20.9 Å². The van der Waals surface area contributed by atoms with E-state index in [0.29, 0.717) is 38.2 Å². The highest BCUT2D eigenvalue weighted by Gasteiger charge is 2.18. The number of aromatic nitrogens is 2. The van der Waals surface area contributed by atoms with Crippen molar-refractivity contribution in [3.8, 4) is 16.9 Å². The minimum atomic E-state index is -4.93. The van der Waals surface area contributed by atoms with Crippen LogP contribution >= 0.6 is 23.2 Å². The van der Waals surface area contributed by atoms with Crippen LogP contribution in [0, 0.1) is 6.92 Å². The van der Waals surface area contributed by atoms with E-state index in [2.05, 4.69) is 14.7 Å². The Morgan fingerprint density at radius 1 is 0.867 bits per heavy atom. The summed E-state index contributed by atoms with van der Waals surface area (Å²) in [5.41, 5.74) is 14.9. The number of rotatable bonds is 9. The Bertz CT molecular complexity index is 2040. The molecule has 7 N–H and O–H groups in total. The van der Waals surface area contributed by atoms with Crippen LogP contribution in [0.3, 0.4) is 0 Å². The molecule has 14 nitrogen and oxygen atoms in total. The number of anilines is 2. The molecular formula is C25H24Cl2FN5O9S3. The number of hydrogen-bond donors (Lipinski definition) is 5. The summed E-state index contributed by atoms with van der Waals surface area (Å²) in [4.78, 5) is 7.47. The number of hydrogen-bond acceptors (Lipinski definition) is 11. The fraction of sp³-hybridized carbons (Fsp3) is 0.120. The number of nitrogens with zero attached hydrogens (tertiary/aromatic N) is 2. The predicted molar refractivity (Wildman–Crippen MR) is 165 cm³/mol. The van der Waals surface area contributed by atoms with Gasteiger partial charge in [0.15, 0.2) is 0 Å². The zero-order valence-electron chi connectivity index (χ0n) is 22.8. The Kier molecular flexibility index (Phi) is 11.3. The summed E-state index contributed by atoms with van der Waals surface area (Å²) in [7, 11) is -13.6. The molecule has 0 aliphatic carbocycles. The van der Waals surface area contributed by atoms with Crippen molar-refractivity contribution in [3.63, 3.8) is 0 Å². The lowest BCUT2D eigenvalue weighted by molar-refractivity contribution is 0.301. The van der Waals surface area contributed by atoms with Crippen LogP contribution in [-0.2, 0) is 43.8 Å². The first-order valence-corrected chi connectivity index (χ1v) is 17.1. The molecule has 0 spiro atoms. The van der Waals surface area contributed by atoms with Gasteiger partial charge in [-0.1, -0.05) is 35.3 Å². The Morgan fingerprint density at radius 3 is 2.02 bits per heavy atom. The maximum absolute atomic E-state index is 13.1. The Labute approximate surface area is 268 Å². The molecule has 4 aromatic rings. The molecular weight excluding hydrogens is 700 g/mol. The summed E-state index contributed by atoms with van der Waals surface area (Å²) in [6.45, 7) is 1.71. The summed E-state index contributed by atoms with van der Waals surface area (Å²) in [5.74, 6) is 0.590. The second-order valence-corrected chi connectivity index (χ2v) is 13.8. The van der Waals surface area contributed by atoms with Gasteiger partial charge in [-0.15, -0.1) is 3.89 Å². The number of aryl methyl sites for hydroxylation is 1. The van der Waals surface area contributed by atoms with Gasteiger partial charge in [0.1, 0.15) is 18.2 Å². The lowest BCUT2D eigenvalue weighted by atomic mass is 10.0. The number of ether oxygens (including phenoxy) is 1. The first-order valence-electron chi connectivity index (χ1n) is 12.1. The number of benzene rings is 3. The van der Waals surface area contributed by atoms with Gasteiger partial charge in [-0.2, -0.15) is 21.8 Å². The maximum Gasteiger partial charge on any atom is 0.394 e. The van der Waals surface area contributed by atoms with Gasteiger partial charge in [-0.05, 0) is 72.1 Å². The van der Waals surface area contributed by atoms with E-state index in [0.717, 1.165) is 29.8 Å². The van der Waals surface area contributed by atoms with E-state index in [9.17, 15) is 20.7 Å². The molecule has 45 heavy (non-hydrogen) atoms. The number of sulfonamides is 1. The predicted octanol–water partition coefficient (Wildman–Crippen LogP) is 3.99. The zero-order chi connectivity index (χ0) is 33.7. The van der Waals surface area contributed by atoms with Crippen molar-refractivity contribution in [2.24, 2.45) is 0 Å². The van der Waals surface area contributed by atoms with Gasteiger partial charge in [0, 0.05) is 12.1 Å². The van der Waals surface area contributed by atoms with Gasteiger partial charge >= 0.3 is 20.6 Å². The minimum absolute atomic E-state index is 0.0114. The van der Waals surface area contributed by atoms with Gasteiger partial charge in [0.25, 0.3) is 0 Å². The van der Waals surface area contributed by atoms with Crippen LogP contribution in [-0.4, -0.2) is 44.3 Å². The van der Waals surface area contributed by atoms with Crippen molar-refractivity contribution < 1.29 is 43.0 Å². The number of halogens is 3. The van der Waals surface area contributed by atoms with Crippen LogP contribution in [0.2, 0.25) is 10.0 Å². The lowest BCUT2D eigenvalue weighted by Crippen LogP contribution is -2.23. The molecule has 1 heterocycles. The van der Waals surface area contributed by atoms with E-state index in [1.165, 1.54) is 0 Å². The Hall–Kier alpha value is -3.62. The van der Waals surface area contributed by atoms with Crippen molar-refractivity contribution in [2.75, 3.05) is 11.5 Å². The fourth-order valence-corrected chi connectivity index (χ4v) is 5.53. The van der Waals surface area contributed by atoms with Gasteiger partial charge in [-0.3, -0.25) is 9.11 Å². The molecule has 0 bridgehead atoms. The molecule has 0 unspecified atom stereocenters. The molecule has 0 amide bonds. The van der Waals surface area contributed by atoms with Gasteiger partial charge in [-0.25, -0.2) is 18.1 Å². The summed E-state index contributed by atoms with van der Waals surface area (Å²) in [5, 5.41) is 0.704. The van der Waals surface area contributed by atoms with Crippen molar-refractivity contribution in [1.29, 1.82) is 0 Å². The van der Waals surface area contributed by atoms with Crippen molar-refractivity contribution in [2.45, 2.75) is 29.9 Å². The SMILES string of the molecule is Cc1cc(OCc2nc(N)nc(N)c2-c2ccc(Cl)c(Cl)c2)ccc1CNS(=O)(=O)c1ccc(S(=O)(=O)F)cc1.O=S(=O)(O)O. The smallest absolute Gasteiger partial charge is 0.394 e. The Morgan fingerprint density at radius 2 is 1.47 bits per heavy atom. The summed E-state index contributed by atoms with van der Waals surface area (Å²) >= 11 is 12.2. The number of nitrogen functional groups attached to an aromatic ring is 2. The zero-order valence-corrected chi connectivity index (χ0v) is 26.8. The van der Waals surface area contributed by atoms with E-state index in [1.54, 1.807) is 43.3 Å². The number of nitrogens with one attached hydrogen (secondary N) is 1. The molecule has 0 aliphatic heterocycles. The molecule has 0 atom stereocenters. The average Bonchev–Trinajstić information content (AvgIpc) is 2.91. The van der Waals surface area contributed by atoms with Crippen LogP contribution in [0.5, 0.6) is 5.75 Å². The largest absolute Gasteiger partial charge is 0.487 e. The van der Waals surface area contributed by atoms with Gasteiger partial charge < -0.3 is 16.2 Å². The van der Waals surface area contributed by atoms with Crippen LogP contribution in [0.25, 0.3) is 11.1 Å². The van der Waals surface area contributed by atoms with Crippen LogP contribution in [0.15, 0.2) is 70.5 Å². The third-order valence-electron chi connectivity index (χ3n) is 5.80. The normalized spacial score (nSPS) is 11.9. The molecule has 0 saturated heterocycles. The van der Waals surface area contributed by atoms with E-state index in [1.807, 2.05) is 0 Å².